The third-order valence-corrected chi connectivity index (χ3v) is 4.75. The van der Waals surface area contributed by atoms with E-state index in [9.17, 15) is 4.79 Å². The monoisotopic (exact) mass is 237 g/mol. The van der Waals surface area contributed by atoms with Crippen molar-refractivity contribution < 1.29 is 9.53 Å². The van der Waals surface area contributed by atoms with Gasteiger partial charge in [0.2, 0.25) is 5.91 Å². The van der Waals surface area contributed by atoms with Gasteiger partial charge in [-0.3, -0.25) is 4.79 Å². The van der Waals surface area contributed by atoms with Gasteiger partial charge in [0, 0.05) is 25.6 Å². The van der Waals surface area contributed by atoms with E-state index in [1.807, 2.05) is 6.92 Å². The first-order valence-electron chi connectivity index (χ1n) is 7.18. The van der Waals surface area contributed by atoms with Crippen molar-refractivity contribution in [3.8, 4) is 0 Å². The van der Waals surface area contributed by atoms with Crippen LogP contribution in [0.1, 0.15) is 39.0 Å². The van der Waals surface area contributed by atoms with Crippen molar-refractivity contribution in [1.82, 2.24) is 4.90 Å². The topological polar surface area (TPSA) is 29.5 Å². The highest BCUT2D eigenvalue weighted by Gasteiger charge is 2.48. The molecule has 3 nitrogen and oxygen atoms in total. The van der Waals surface area contributed by atoms with Crippen LogP contribution in [0, 0.1) is 17.8 Å². The molecule has 0 N–H and O–H groups in total. The Labute approximate surface area is 104 Å². The van der Waals surface area contributed by atoms with Crippen LogP contribution in [0.4, 0.5) is 0 Å². The summed E-state index contributed by atoms with van der Waals surface area (Å²) in [5.41, 5.74) is 0. The molecule has 0 bridgehead atoms. The summed E-state index contributed by atoms with van der Waals surface area (Å²) in [6, 6.07) is 0. The molecule has 2 aliphatic carbocycles. The lowest BCUT2D eigenvalue weighted by Gasteiger charge is -2.33. The standard InChI is InChI=1S/C14H23NO2/c1-2-17-13-3-5-15(6-4-13)14(16)12-8-10-7-11(10)9-12/h10-13H,2-9H2,1H3. The highest BCUT2D eigenvalue weighted by molar-refractivity contribution is 5.79. The van der Waals surface area contributed by atoms with E-state index in [-0.39, 0.29) is 0 Å². The van der Waals surface area contributed by atoms with E-state index in [0.29, 0.717) is 17.9 Å². The summed E-state index contributed by atoms with van der Waals surface area (Å²) in [5.74, 6) is 2.62. The van der Waals surface area contributed by atoms with Gasteiger partial charge in [0.15, 0.2) is 0 Å². The molecule has 1 aliphatic heterocycles. The van der Waals surface area contributed by atoms with E-state index >= 15 is 0 Å². The van der Waals surface area contributed by atoms with Crippen molar-refractivity contribution >= 4 is 5.91 Å². The molecule has 1 amide bonds. The van der Waals surface area contributed by atoms with Crippen LogP contribution < -0.4 is 0 Å². The number of rotatable bonds is 3. The van der Waals surface area contributed by atoms with E-state index in [1.54, 1.807) is 0 Å². The van der Waals surface area contributed by atoms with E-state index in [1.165, 1.54) is 19.3 Å². The molecule has 2 saturated carbocycles. The summed E-state index contributed by atoms with van der Waals surface area (Å²) < 4.78 is 5.62. The second-order valence-electron chi connectivity index (χ2n) is 5.90. The van der Waals surface area contributed by atoms with E-state index < -0.39 is 0 Å². The van der Waals surface area contributed by atoms with Gasteiger partial charge in [-0.15, -0.1) is 0 Å². The molecule has 0 spiro atoms. The number of hydrogen-bond donors (Lipinski definition) is 0. The summed E-state index contributed by atoms with van der Waals surface area (Å²) in [7, 11) is 0. The number of likely N-dealkylation sites (tertiary alicyclic amines) is 1. The van der Waals surface area contributed by atoms with Crippen LogP contribution in [0.15, 0.2) is 0 Å². The first-order chi connectivity index (χ1) is 8.28. The molecular formula is C14H23NO2. The van der Waals surface area contributed by atoms with Crippen LogP contribution >= 0.6 is 0 Å². The molecule has 17 heavy (non-hydrogen) atoms. The summed E-state index contributed by atoms with van der Waals surface area (Å²) in [5, 5.41) is 0. The predicted octanol–water partition coefficient (Wildman–Crippen LogP) is 2.06. The van der Waals surface area contributed by atoms with Crippen molar-refractivity contribution in [3.63, 3.8) is 0 Å². The van der Waals surface area contributed by atoms with Crippen molar-refractivity contribution in [1.29, 1.82) is 0 Å². The van der Waals surface area contributed by atoms with Gasteiger partial charge in [-0.2, -0.15) is 0 Å². The van der Waals surface area contributed by atoms with Crippen molar-refractivity contribution in [3.05, 3.63) is 0 Å². The van der Waals surface area contributed by atoms with E-state index in [2.05, 4.69) is 4.90 Å². The summed E-state index contributed by atoms with van der Waals surface area (Å²) in [4.78, 5) is 14.4. The van der Waals surface area contributed by atoms with Gasteiger partial charge in [0.25, 0.3) is 0 Å². The Morgan fingerprint density at radius 3 is 2.41 bits per heavy atom. The second kappa shape index (κ2) is 4.60. The number of carbonyl (C=O) groups is 1. The average Bonchev–Trinajstić information content (AvgIpc) is 2.97. The van der Waals surface area contributed by atoms with Gasteiger partial charge < -0.3 is 9.64 Å². The molecule has 0 aromatic rings. The number of hydrogen-bond acceptors (Lipinski definition) is 2. The molecule has 1 heterocycles. The first-order valence-corrected chi connectivity index (χ1v) is 7.18. The van der Waals surface area contributed by atoms with Crippen LogP contribution in [0.5, 0.6) is 0 Å². The Balaban J connectivity index is 1.47. The zero-order chi connectivity index (χ0) is 11.8. The largest absolute Gasteiger partial charge is 0.378 e. The van der Waals surface area contributed by atoms with Gasteiger partial charge in [-0.1, -0.05) is 0 Å². The second-order valence-corrected chi connectivity index (χ2v) is 5.90. The summed E-state index contributed by atoms with van der Waals surface area (Å²) in [6.07, 6.45) is 6.19. The predicted molar refractivity (Wildman–Crippen MR) is 65.5 cm³/mol. The Hall–Kier alpha value is -0.570. The van der Waals surface area contributed by atoms with Gasteiger partial charge in [0.1, 0.15) is 0 Å². The van der Waals surface area contributed by atoms with Crippen LogP contribution in [-0.4, -0.2) is 36.6 Å². The number of carbonyl (C=O) groups excluding carboxylic acids is 1. The number of fused-ring (bicyclic) bond motifs is 1. The molecule has 2 atom stereocenters. The lowest BCUT2D eigenvalue weighted by molar-refractivity contribution is -0.138. The number of ether oxygens (including phenoxy) is 1. The molecule has 3 fully saturated rings. The SMILES string of the molecule is CCOC1CCN(C(=O)C2CC3CC3C2)CC1. The Bertz CT molecular complexity index is 287. The highest BCUT2D eigenvalue weighted by Crippen LogP contribution is 2.54. The fourth-order valence-electron chi connectivity index (χ4n) is 3.65. The van der Waals surface area contributed by atoms with E-state index in [0.717, 1.165) is 44.4 Å². The molecule has 0 aromatic carbocycles. The van der Waals surface area contributed by atoms with Crippen molar-refractivity contribution in [2.45, 2.75) is 45.1 Å². The Kier molecular flexibility index (Phi) is 3.12. The molecular weight excluding hydrogens is 214 g/mol. The quantitative estimate of drug-likeness (QED) is 0.752. The maximum Gasteiger partial charge on any atom is 0.225 e. The fourth-order valence-corrected chi connectivity index (χ4v) is 3.65. The fraction of sp³-hybridized carbons (Fsp3) is 0.929. The van der Waals surface area contributed by atoms with Gasteiger partial charge in [0.05, 0.1) is 6.10 Å². The third kappa shape index (κ3) is 2.35. The molecule has 2 unspecified atom stereocenters. The van der Waals surface area contributed by atoms with Gasteiger partial charge in [-0.05, 0) is 50.9 Å². The minimum atomic E-state index is 0.363. The molecule has 1 saturated heterocycles. The zero-order valence-corrected chi connectivity index (χ0v) is 10.7. The van der Waals surface area contributed by atoms with Gasteiger partial charge in [-0.25, -0.2) is 0 Å². The number of piperidine rings is 1. The smallest absolute Gasteiger partial charge is 0.225 e. The minimum Gasteiger partial charge on any atom is -0.378 e. The maximum atomic E-state index is 12.3. The van der Waals surface area contributed by atoms with E-state index in [4.69, 9.17) is 4.74 Å². The van der Waals surface area contributed by atoms with Crippen LogP contribution in [-0.2, 0) is 9.53 Å². The van der Waals surface area contributed by atoms with Gasteiger partial charge >= 0.3 is 0 Å². The maximum absolute atomic E-state index is 12.3. The lowest BCUT2D eigenvalue weighted by atomic mass is 9.99. The highest BCUT2D eigenvalue weighted by atomic mass is 16.5. The first kappa shape index (κ1) is 11.5. The minimum absolute atomic E-state index is 0.363. The summed E-state index contributed by atoms with van der Waals surface area (Å²) >= 11 is 0. The Morgan fingerprint density at radius 2 is 1.82 bits per heavy atom. The molecule has 3 heteroatoms. The van der Waals surface area contributed by atoms with Crippen molar-refractivity contribution in [2.24, 2.45) is 17.8 Å². The number of amides is 1. The number of nitrogens with zero attached hydrogens (tertiary/aromatic N) is 1. The van der Waals surface area contributed by atoms with Crippen LogP contribution in [0.25, 0.3) is 0 Å². The van der Waals surface area contributed by atoms with Crippen LogP contribution in [0.3, 0.4) is 0 Å². The lowest BCUT2D eigenvalue weighted by Crippen LogP contribution is -2.43. The molecule has 3 aliphatic rings. The molecule has 96 valence electrons. The molecule has 3 rings (SSSR count). The summed E-state index contributed by atoms with van der Waals surface area (Å²) in [6.45, 7) is 4.66. The molecule has 0 aromatic heterocycles. The normalized spacial score (nSPS) is 37.0. The van der Waals surface area contributed by atoms with Crippen molar-refractivity contribution in [2.75, 3.05) is 19.7 Å². The average molecular weight is 237 g/mol. The van der Waals surface area contributed by atoms with Crippen LogP contribution in [0.2, 0.25) is 0 Å². The molecule has 0 radical (unpaired) electrons. The zero-order valence-electron chi connectivity index (χ0n) is 10.7. The third-order valence-electron chi connectivity index (χ3n) is 4.75. The Morgan fingerprint density at radius 1 is 1.18 bits per heavy atom.